The van der Waals surface area contributed by atoms with E-state index >= 15 is 0 Å². The molecule has 0 bridgehead atoms. The summed E-state index contributed by atoms with van der Waals surface area (Å²) in [6.45, 7) is 2.43. The molecule has 2 aromatic rings. The summed E-state index contributed by atoms with van der Waals surface area (Å²) in [5, 5.41) is 2.83. The summed E-state index contributed by atoms with van der Waals surface area (Å²) in [7, 11) is -2.17. The van der Waals surface area contributed by atoms with Gasteiger partial charge in [0.15, 0.2) is 5.13 Å². The third-order valence-electron chi connectivity index (χ3n) is 2.87. The number of benzene rings is 1. The minimum Gasteiger partial charge on any atom is -0.383 e. The second-order valence-electron chi connectivity index (χ2n) is 4.60. The molecule has 23 heavy (non-hydrogen) atoms. The first-order valence-electron chi connectivity index (χ1n) is 6.76. The second-order valence-corrected chi connectivity index (χ2v) is 7.28. The highest BCUT2D eigenvalue weighted by Crippen LogP contribution is 2.25. The van der Waals surface area contributed by atoms with Gasteiger partial charge in [0.1, 0.15) is 4.88 Å². The summed E-state index contributed by atoms with van der Waals surface area (Å²) >= 11 is 0.993. The van der Waals surface area contributed by atoms with E-state index in [4.69, 9.17) is 4.74 Å². The SMILES string of the molecule is COCCNC(=O)c1sc(NS(=O)(=O)c2ccccc2)nc1C. The van der Waals surface area contributed by atoms with Crippen LogP contribution in [0.15, 0.2) is 35.2 Å². The lowest BCUT2D eigenvalue weighted by Gasteiger charge is -2.04. The highest BCUT2D eigenvalue weighted by molar-refractivity contribution is 7.93. The fourth-order valence-electron chi connectivity index (χ4n) is 1.77. The van der Waals surface area contributed by atoms with Crippen molar-refractivity contribution in [1.82, 2.24) is 10.3 Å². The number of hydrogen-bond acceptors (Lipinski definition) is 6. The van der Waals surface area contributed by atoms with Gasteiger partial charge in [0.05, 0.1) is 17.2 Å². The molecule has 1 heterocycles. The Morgan fingerprint density at radius 1 is 1.30 bits per heavy atom. The van der Waals surface area contributed by atoms with Crippen LogP contribution in [0.4, 0.5) is 5.13 Å². The zero-order chi connectivity index (χ0) is 16.9. The van der Waals surface area contributed by atoms with Crippen molar-refractivity contribution in [3.8, 4) is 0 Å². The smallest absolute Gasteiger partial charge is 0.263 e. The van der Waals surface area contributed by atoms with E-state index < -0.39 is 10.0 Å². The molecule has 0 aliphatic carbocycles. The van der Waals surface area contributed by atoms with E-state index in [2.05, 4.69) is 15.0 Å². The molecule has 0 saturated carbocycles. The minimum absolute atomic E-state index is 0.138. The molecular formula is C14H17N3O4S2. The van der Waals surface area contributed by atoms with E-state index in [0.717, 1.165) is 11.3 Å². The number of nitrogens with one attached hydrogen (secondary N) is 2. The number of methoxy groups -OCH3 is 1. The van der Waals surface area contributed by atoms with Gasteiger partial charge in [0, 0.05) is 13.7 Å². The molecule has 0 unspecified atom stereocenters. The first kappa shape index (κ1) is 17.4. The van der Waals surface area contributed by atoms with Gasteiger partial charge in [0.25, 0.3) is 15.9 Å². The average Bonchev–Trinajstić information content (AvgIpc) is 2.88. The second kappa shape index (κ2) is 7.53. The number of amides is 1. The summed E-state index contributed by atoms with van der Waals surface area (Å²) in [5.74, 6) is -0.304. The third-order valence-corrected chi connectivity index (χ3v) is 5.43. The lowest BCUT2D eigenvalue weighted by atomic mass is 10.4. The standard InChI is InChI=1S/C14H17N3O4S2/c1-10-12(13(18)15-8-9-21-2)22-14(16-10)17-23(19,20)11-6-4-3-5-7-11/h3-7H,8-9H2,1-2H3,(H,15,18)(H,16,17). The summed E-state index contributed by atoms with van der Waals surface area (Å²) < 4.78 is 31.7. The van der Waals surface area contributed by atoms with Gasteiger partial charge in [-0.1, -0.05) is 29.5 Å². The van der Waals surface area contributed by atoms with Crippen LogP contribution in [0.1, 0.15) is 15.4 Å². The predicted octanol–water partition coefficient (Wildman–Crippen LogP) is 1.63. The number of rotatable bonds is 7. The van der Waals surface area contributed by atoms with Crippen LogP contribution in [-0.2, 0) is 14.8 Å². The highest BCUT2D eigenvalue weighted by atomic mass is 32.2. The van der Waals surface area contributed by atoms with E-state index in [1.807, 2.05) is 0 Å². The fourth-order valence-corrected chi connectivity index (χ4v) is 3.91. The lowest BCUT2D eigenvalue weighted by molar-refractivity contribution is 0.0940. The number of thiazole rings is 1. The number of sulfonamides is 1. The molecule has 124 valence electrons. The Morgan fingerprint density at radius 2 is 2.00 bits per heavy atom. The summed E-state index contributed by atoms with van der Waals surface area (Å²) in [6.07, 6.45) is 0. The number of aromatic nitrogens is 1. The van der Waals surface area contributed by atoms with Crippen molar-refractivity contribution in [3.05, 3.63) is 40.9 Å². The lowest BCUT2D eigenvalue weighted by Crippen LogP contribution is -2.26. The molecule has 0 saturated heterocycles. The maximum atomic E-state index is 12.2. The molecule has 2 rings (SSSR count). The monoisotopic (exact) mass is 355 g/mol. The van der Waals surface area contributed by atoms with Crippen molar-refractivity contribution >= 4 is 32.4 Å². The first-order chi connectivity index (χ1) is 10.9. The Morgan fingerprint density at radius 3 is 2.65 bits per heavy atom. The Hall–Kier alpha value is -1.97. The number of anilines is 1. The topological polar surface area (TPSA) is 97.4 Å². The molecule has 7 nitrogen and oxygen atoms in total. The van der Waals surface area contributed by atoms with Crippen LogP contribution in [0, 0.1) is 6.92 Å². The number of nitrogens with zero attached hydrogens (tertiary/aromatic N) is 1. The van der Waals surface area contributed by atoms with Crippen molar-refractivity contribution in [3.63, 3.8) is 0 Å². The first-order valence-corrected chi connectivity index (χ1v) is 9.06. The van der Waals surface area contributed by atoms with Crippen LogP contribution >= 0.6 is 11.3 Å². The maximum Gasteiger partial charge on any atom is 0.263 e. The van der Waals surface area contributed by atoms with E-state index in [1.165, 1.54) is 12.1 Å². The van der Waals surface area contributed by atoms with Crippen LogP contribution in [0.5, 0.6) is 0 Å². The van der Waals surface area contributed by atoms with Gasteiger partial charge in [-0.25, -0.2) is 13.4 Å². The van der Waals surface area contributed by atoms with E-state index in [9.17, 15) is 13.2 Å². The quantitative estimate of drug-likeness (QED) is 0.736. The average molecular weight is 355 g/mol. The fraction of sp³-hybridized carbons (Fsp3) is 0.286. The number of ether oxygens (including phenoxy) is 1. The van der Waals surface area contributed by atoms with Gasteiger partial charge in [-0.15, -0.1) is 0 Å². The van der Waals surface area contributed by atoms with E-state index in [0.29, 0.717) is 23.7 Å². The Labute approximate surface area is 138 Å². The van der Waals surface area contributed by atoms with Gasteiger partial charge in [0.2, 0.25) is 0 Å². The zero-order valence-electron chi connectivity index (χ0n) is 12.7. The van der Waals surface area contributed by atoms with Gasteiger partial charge >= 0.3 is 0 Å². The Bertz CT molecular complexity index is 773. The molecule has 9 heteroatoms. The summed E-state index contributed by atoms with van der Waals surface area (Å²) in [6, 6.07) is 7.98. The van der Waals surface area contributed by atoms with Crippen LogP contribution in [0.3, 0.4) is 0 Å². The number of carbonyl (C=O) groups excluding carboxylic acids is 1. The highest BCUT2D eigenvalue weighted by Gasteiger charge is 2.19. The molecule has 2 N–H and O–H groups in total. The molecule has 1 aromatic carbocycles. The molecular weight excluding hydrogens is 338 g/mol. The number of aryl methyl sites for hydroxylation is 1. The van der Waals surface area contributed by atoms with Gasteiger partial charge in [-0.2, -0.15) is 0 Å². The molecule has 0 aliphatic rings. The molecule has 1 amide bonds. The molecule has 0 aliphatic heterocycles. The Balaban J connectivity index is 2.13. The van der Waals surface area contributed by atoms with Crippen molar-refractivity contribution in [2.45, 2.75) is 11.8 Å². The molecule has 1 aromatic heterocycles. The predicted molar refractivity (Wildman–Crippen MR) is 88.3 cm³/mol. The molecule has 0 radical (unpaired) electrons. The van der Waals surface area contributed by atoms with E-state index in [-0.39, 0.29) is 15.9 Å². The van der Waals surface area contributed by atoms with Crippen LogP contribution < -0.4 is 10.0 Å². The molecule has 0 fully saturated rings. The summed E-state index contributed by atoms with van der Waals surface area (Å²) in [4.78, 5) is 16.6. The minimum atomic E-state index is -3.72. The molecule has 0 atom stereocenters. The van der Waals surface area contributed by atoms with Crippen molar-refractivity contribution in [2.24, 2.45) is 0 Å². The normalized spacial score (nSPS) is 11.2. The largest absolute Gasteiger partial charge is 0.383 e. The molecule has 0 spiro atoms. The van der Waals surface area contributed by atoms with Crippen LogP contribution in [0.25, 0.3) is 0 Å². The van der Waals surface area contributed by atoms with E-state index in [1.54, 1.807) is 32.2 Å². The maximum absolute atomic E-state index is 12.2. The van der Waals surface area contributed by atoms with Gasteiger partial charge in [-0.05, 0) is 19.1 Å². The van der Waals surface area contributed by atoms with Crippen LogP contribution in [-0.4, -0.2) is 39.6 Å². The number of hydrogen-bond donors (Lipinski definition) is 2. The summed E-state index contributed by atoms with van der Waals surface area (Å²) in [5.41, 5.74) is 0.468. The van der Waals surface area contributed by atoms with Crippen molar-refractivity contribution in [1.29, 1.82) is 0 Å². The Kier molecular flexibility index (Phi) is 5.69. The van der Waals surface area contributed by atoms with Crippen LogP contribution in [0.2, 0.25) is 0 Å². The van der Waals surface area contributed by atoms with Gasteiger partial charge in [-0.3, -0.25) is 9.52 Å². The zero-order valence-corrected chi connectivity index (χ0v) is 14.3. The van der Waals surface area contributed by atoms with Gasteiger partial charge < -0.3 is 10.1 Å². The van der Waals surface area contributed by atoms with Crippen molar-refractivity contribution < 1.29 is 17.9 Å². The third kappa shape index (κ3) is 4.50. The van der Waals surface area contributed by atoms with Crippen molar-refractivity contribution in [2.75, 3.05) is 25.0 Å². The number of carbonyl (C=O) groups is 1.